The Kier molecular flexibility index (Phi) is 4.81. The van der Waals surface area contributed by atoms with Crippen LogP contribution in [-0.4, -0.2) is 9.13 Å². The van der Waals surface area contributed by atoms with E-state index in [1.807, 2.05) is 0 Å². The fourth-order valence-corrected chi connectivity index (χ4v) is 6.55. The molecule has 0 radical (unpaired) electrons. The van der Waals surface area contributed by atoms with E-state index in [2.05, 4.69) is 131 Å². The third-order valence-electron chi connectivity index (χ3n) is 8.30. The van der Waals surface area contributed by atoms with Gasteiger partial charge in [-0.2, -0.15) is 0 Å². The first-order chi connectivity index (χ1) is 18.9. The summed E-state index contributed by atoms with van der Waals surface area (Å²) in [6.45, 7) is 0. The SMILES string of the molecule is C1=Cc2c(c3c(n2-c2ccc(-c4ccc(-n5c6ccccc6c6ccccc65)cc4)cc2)C=CCC3)CC1. The van der Waals surface area contributed by atoms with Gasteiger partial charge in [-0.3, -0.25) is 0 Å². The highest BCUT2D eigenvalue weighted by Crippen LogP contribution is 2.36. The summed E-state index contributed by atoms with van der Waals surface area (Å²) < 4.78 is 4.84. The van der Waals surface area contributed by atoms with Crippen LogP contribution in [0.5, 0.6) is 0 Å². The lowest BCUT2D eigenvalue weighted by atomic mass is 9.94. The molecule has 6 aromatic rings. The van der Waals surface area contributed by atoms with Crippen LogP contribution in [0.25, 0.3) is 56.5 Å². The molecule has 4 aromatic carbocycles. The lowest BCUT2D eigenvalue weighted by Gasteiger charge is -2.14. The Morgan fingerprint density at radius 3 is 1.39 bits per heavy atom. The average molecular weight is 489 g/mol. The van der Waals surface area contributed by atoms with E-state index < -0.39 is 0 Å². The van der Waals surface area contributed by atoms with Gasteiger partial charge in [-0.05, 0) is 96.5 Å². The van der Waals surface area contributed by atoms with Crippen LogP contribution >= 0.6 is 0 Å². The molecule has 2 heterocycles. The molecule has 0 spiro atoms. The van der Waals surface area contributed by atoms with Crippen LogP contribution in [0, 0.1) is 0 Å². The fraction of sp³-hybridized carbons (Fsp3) is 0.111. The molecule has 2 heteroatoms. The zero-order chi connectivity index (χ0) is 25.1. The Hall–Kier alpha value is -4.56. The second kappa shape index (κ2) is 8.49. The van der Waals surface area contributed by atoms with Gasteiger partial charge in [-0.1, -0.05) is 72.8 Å². The number of hydrogen-bond acceptors (Lipinski definition) is 0. The number of allylic oxidation sites excluding steroid dienone is 2. The largest absolute Gasteiger partial charge is 0.310 e. The summed E-state index contributed by atoms with van der Waals surface area (Å²) in [5.41, 5.74) is 13.2. The van der Waals surface area contributed by atoms with Crippen LogP contribution in [0.3, 0.4) is 0 Å². The van der Waals surface area contributed by atoms with Gasteiger partial charge in [0.15, 0.2) is 0 Å². The molecule has 0 saturated heterocycles. The summed E-state index contributed by atoms with van der Waals surface area (Å²) in [5.74, 6) is 0. The highest BCUT2D eigenvalue weighted by Gasteiger charge is 2.23. The molecule has 0 unspecified atom stereocenters. The molecular weight excluding hydrogens is 460 g/mol. The average Bonchev–Trinajstić information content (AvgIpc) is 3.51. The predicted molar refractivity (Wildman–Crippen MR) is 160 cm³/mol. The first-order valence-electron chi connectivity index (χ1n) is 13.7. The monoisotopic (exact) mass is 488 g/mol. The van der Waals surface area contributed by atoms with Crippen LogP contribution in [0.1, 0.15) is 35.4 Å². The van der Waals surface area contributed by atoms with Crippen LogP contribution < -0.4 is 0 Å². The van der Waals surface area contributed by atoms with Crippen molar-refractivity contribution in [3.05, 3.63) is 132 Å². The molecule has 2 aromatic heterocycles. The molecule has 0 saturated carbocycles. The Morgan fingerprint density at radius 2 is 0.895 bits per heavy atom. The molecule has 0 N–H and O–H groups in total. The smallest absolute Gasteiger partial charge is 0.0541 e. The lowest BCUT2D eigenvalue weighted by molar-refractivity contribution is 0.922. The van der Waals surface area contributed by atoms with Gasteiger partial charge in [-0.15, -0.1) is 0 Å². The van der Waals surface area contributed by atoms with Crippen molar-refractivity contribution in [2.75, 3.05) is 0 Å². The summed E-state index contributed by atoms with van der Waals surface area (Å²) in [7, 11) is 0. The number of rotatable bonds is 3. The van der Waals surface area contributed by atoms with Gasteiger partial charge in [0.1, 0.15) is 0 Å². The molecule has 2 aliphatic carbocycles. The third kappa shape index (κ3) is 3.20. The van der Waals surface area contributed by atoms with Crippen molar-refractivity contribution >= 4 is 34.0 Å². The zero-order valence-corrected chi connectivity index (χ0v) is 21.3. The summed E-state index contributed by atoms with van der Waals surface area (Å²) >= 11 is 0. The quantitative estimate of drug-likeness (QED) is 0.235. The fourth-order valence-electron chi connectivity index (χ4n) is 6.55. The number of para-hydroxylation sites is 2. The van der Waals surface area contributed by atoms with Gasteiger partial charge in [0, 0.05) is 33.5 Å². The maximum atomic E-state index is 2.46. The summed E-state index contributed by atoms with van der Waals surface area (Å²) in [6.07, 6.45) is 13.9. The minimum Gasteiger partial charge on any atom is -0.310 e. The molecule has 0 atom stereocenters. The van der Waals surface area contributed by atoms with Crippen LogP contribution in [0.15, 0.2) is 109 Å². The minimum atomic E-state index is 1.15. The van der Waals surface area contributed by atoms with Crippen LogP contribution in [0.2, 0.25) is 0 Å². The van der Waals surface area contributed by atoms with E-state index >= 15 is 0 Å². The first-order valence-corrected chi connectivity index (χ1v) is 13.7. The molecular formula is C36H28N2. The molecule has 0 bridgehead atoms. The first kappa shape index (κ1) is 21.5. The number of nitrogens with zero attached hydrogens (tertiary/aromatic N) is 2. The second-order valence-corrected chi connectivity index (χ2v) is 10.4. The number of fused-ring (bicyclic) bond motifs is 6. The normalized spacial score (nSPS) is 14.2. The summed E-state index contributed by atoms with van der Waals surface area (Å²) in [4.78, 5) is 0. The lowest BCUT2D eigenvalue weighted by Crippen LogP contribution is -2.02. The third-order valence-corrected chi connectivity index (χ3v) is 8.30. The van der Waals surface area contributed by atoms with E-state index in [1.165, 1.54) is 55.7 Å². The minimum absolute atomic E-state index is 1.15. The van der Waals surface area contributed by atoms with Crippen molar-refractivity contribution in [1.82, 2.24) is 9.13 Å². The topological polar surface area (TPSA) is 9.86 Å². The second-order valence-electron chi connectivity index (χ2n) is 10.4. The molecule has 0 amide bonds. The Morgan fingerprint density at radius 1 is 0.447 bits per heavy atom. The maximum absolute atomic E-state index is 2.46. The number of aromatic nitrogens is 2. The van der Waals surface area contributed by atoms with Crippen LogP contribution in [0.4, 0.5) is 0 Å². The van der Waals surface area contributed by atoms with E-state index in [-0.39, 0.29) is 0 Å². The molecule has 0 aliphatic heterocycles. The van der Waals surface area contributed by atoms with Gasteiger partial charge in [0.2, 0.25) is 0 Å². The van der Waals surface area contributed by atoms with Gasteiger partial charge >= 0.3 is 0 Å². The van der Waals surface area contributed by atoms with E-state index in [4.69, 9.17) is 0 Å². The summed E-state index contributed by atoms with van der Waals surface area (Å²) in [6, 6.07) is 35.4. The highest BCUT2D eigenvalue weighted by molar-refractivity contribution is 6.09. The van der Waals surface area contributed by atoms with E-state index in [9.17, 15) is 0 Å². The standard InChI is InChI=1S/C36H28N2/c1-5-13-33-29(9-1)30-10-2-6-14-34(30)37(33)27-21-17-25(18-22-27)26-19-23-28(24-20-26)38-35-15-7-3-11-31(35)32-12-4-8-16-36(32)38/h1-2,5-10,13-24H,3-4,11-12H2. The van der Waals surface area contributed by atoms with E-state index in [0.29, 0.717) is 0 Å². The Labute approximate surface area is 222 Å². The Bertz CT molecular complexity index is 1800. The van der Waals surface area contributed by atoms with Crippen molar-refractivity contribution in [3.8, 4) is 22.5 Å². The molecule has 182 valence electrons. The van der Waals surface area contributed by atoms with Gasteiger partial charge in [-0.25, -0.2) is 0 Å². The van der Waals surface area contributed by atoms with Crippen molar-refractivity contribution in [3.63, 3.8) is 0 Å². The van der Waals surface area contributed by atoms with Gasteiger partial charge < -0.3 is 9.13 Å². The van der Waals surface area contributed by atoms with Gasteiger partial charge in [0.25, 0.3) is 0 Å². The predicted octanol–water partition coefficient (Wildman–Crippen LogP) is 9.16. The van der Waals surface area contributed by atoms with E-state index in [1.54, 1.807) is 11.1 Å². The highest BCUT2D eigenvalue weighted by atomic mass is 15.0. The van der Waals surface area contributed by atoms with E-state index in [0.717, 1.165) is 25.7 Å². The maximum Gasteiger partial charge on any atom is 0.0541 e. The number of hydrogen-bond donors (Lipinski definition) is 0. The van der Waals surface area contributed by atoms with Gasteiger partial charge in [0.05, 0.1) is 11.0 Å². The van der Waals surface area contributed by atoms with Crippen molar-refractivity contribution in [2.24, 2.45) is 0 Å². The summed E-state index contributed by atoms with van der Waals surface area (Å²) in [5, 5.41) is 2.59. The molecule has 2 aliphatic rings. The molecule has 2 nitrogen and oxygen atoms in total. The van der Waals surface area contributed by atoms with Crippen molar-refractivity contribution in [2.45, 2.75) is 25.7 Å². The molecule has 38 heavy (non-hydrogen) atoms. The van der Waals surface area contributed by atoms with Crippen molar-refractivity contribution < 1.29 is 0 Å². The number of benzene rings is 4. The Balaban J connectivity index is 1.17. The molecule has 8 rings (SSSR count). The van der Waals surface area contributed by atoms with Crippen LogP contribution in [-0.2, 0) is 12.8 Å². The zero-order valence-electron chi connectivity index (χ0n) is 21.3. The van der Waals surface area contributed by atoms with Crippen molar-refractivity contribution in [1.29, 1.82) is 0 Å². The molecule has 0 fully saturated rings.